The van der Waals surface area contributed by atoms with Gasteiger partial charge in [0, 0.05) is 19.1 Å². The molecule has 1 fully saturated rings. The zero-order valence-corrected chi connectivity index (χ0v) is 11.3. The quantitative estimate of drug-likeness (QED) is 0.869. The fourth-order valence-corrected chi connectivity index (χ4v) is 2.49. The van der Waals surface area contributed by atoms with E-state index in [0.29, 0.717) is 12.6 Å². The van der Waals surface area contributed by atoms with Crippen molar-refractivity contribution in [2.24, 2.45) is 5.73 Å². The number of nitrogens with two attached hydrogens (primary N) is 1. The average Bonchev–Trinajstić information content (AvgIpc) is 2.42. The van der Waals surface area contributed by atoms with Gasteiger partial charge in [0.2, 0.25) is 0 Å². The van der Waals surface area contributed by atoms with E-state index in [4.69, 9.17) is 10.5 Å². The SMILES string of the molecule is CC1CCCCN1CCOc1ccc(CN)cc1. The molecule has 18 heavy (non-hydrogen) atoms. The smallest absolute Gasteiger partial charge is 0.119 e. The van der Waals surface area contributed by atoms with Crippen molar-refractivity contribution in [2.45, 2.75) is 38.8 Å². The summed E-state index contributed by atoms with van der Waals surface area (Å²) in [5.74, 6) is 0.942. The maximum Gasteiger partial charge on any atom is 0.119 e. The first kappa shape index (κ1) is 13.4. The molecule has 1 atom stereocenters. The molecule has 2 N–H and O–H groups in total. The summed E-state index contributed by atoms with van der Waals surface area (Å²) in [7, 11) is 0. The predicted molar refractivity (Wildman–Crippen MR) is 74.7 cm³/mol. The molecule has 0 aliphatic carbocycles. The van der Waals surface area contributed by atoms with E-state index in [9.17, 15) is 0 Å². The Balaban J connectivity index is 1.73. The highest BCUT2D eigenvalue weighted by atomic mass is 16.5. The van der Waals surface area contributed by atoms with E-state index in [1.54, 1.807) is 0 Å². The first-order valence-electron chi connectivity index (χ1n) is 6.95. The summed E-state index contributed by atoms with van der Waals surface area (Å²) < 4.78 is 5.77. The number of hydrogen-bond acceptors (Lipinski definition) is 3. The van der Waals surface area contributed by atoms with Crippen LogP contribution in [-0.2, 0) is 6.54 Å². The number of rotatable bonds is 5. The van der Waals surface area contributed by atoms with Crippen LogP contribution in [0.2, 0.25) is 0 Å². The molecule has 1 saturated heterocycles. The molecule has 0 radical (unpaired) electrons. The number of hydrogen-bond donors (Lipinski definition) is 1. The van der Waals surface area contributed by atoms with Crippen LogP contribution in [-0.4, -0.2) is 30.6 Å². The van der Waals surface area contributed by atoms with E-state index in [1.807, 2.05) is 24.3 Å². The number of likely N-dealkylation sites (tertiary alicyclic amines) is 1. The van der Waals surface area contributed by atoms with E-state index in [-0.39, 0.29) is 0 Å². The molecule has 0 spiro atoms. The lowest BCUT2D eigenvalue weighted by Crippen LogP contribution is -2.39. The molecule has 0 amide bonds. The number of ether oxygens (including phenoxy) is 1. The molecule has 0 aromatic heterocycles. The highest BCUT2D eigenvalue weighted by Gasteiger charge is 2.17. The van der Waals surface area contributed by atoms with Crippen molar-refractivity contribution in [1.29, 1.82) is 0 Å². The van der Waals surface area contributed by atoms with Crippen molar-refractivity contribution in [3.63, 3.8) is 0 Å². The van der Waals surface area contributed by atoms with E-state index in [0.717, 1.165) is 24.5 Å². The fourth-order valence-electron chi connectivity index (χ4n) is 2.49. The normalized spacial score (nSPS) is 20.9. The molecular weight excluding hydrogens is 224 g/mol. The Hall–Kier alpha value is -1.06. The summed E-state index contributed by atoms with van der Waals surface area (Å²) in [5, 5.41) is 0. The van der Waals surface area contributed by atoms with E-state index in [2.05, 4.69) is 11.8 Å². The van der Waals surface area contributed by atoms with Crippen molar-refractivity contribution in [3.8, 4) is 5.75 Å². The fraction of sp³-hybridized carbons (Fsp3) is 0.600. The monoisotopic (exact) mass is 248 g/mol. The summed E-state index contributed by atoms with van der Waals surface area (Å²) in [4.78, 5) is 2.53. The molecular formula is C15H24N2O. The van der Waals surface area contributed by atoms with Gasteiger partial charge in [0.1, 0.15) is 12.4 Å². The molecule has 1 heterocycles. The largest absolute Gasteiger partial charge is 0.492 e. The molecule has 1 aliphatic heterocycles. The van der Waals surface area contributed by atoms with Crippen LogP contribution in [0.4, 0.5) is 0 Å². The zero-order valence-electron chi connectivity index (χ0n) is 11.3. The minimum atomic E-state index is 0.589. The van der Waals surface area contributed by atoms with Crippen molar-refractivity contribution in [1.82, 2.24) is 4.90 Å². The van der Waals surface area contributed by atoms with Crippen molar-refractivity contribution < 1.29 is 4.74 Å². The number of nitrogens with zero attached hydrogens (tertiary/aromatic N) is 1. The van der Waals surface area contributed by atoms with Gasteiger partial charge in [-0.1, -0.05) is 18.6 Å². The van der Waals surface area contributed by atoms with Crippen LogP contribution in [0.3, 0.4) is 0 Å². The second-order valence-electron chi connectivity index (χ2n) is 5.08. The van der Waals surface area contributed by atoms with Crippen molar-refractivity contribution in [2.75, 3.05) is 19.7 Å². The van der Waals surface area contributed by atoms with Crippen molar-refractivity contribution >= 4 is 0 Å². The maximum absolute atomic E-state index is 5.77. The third-order valence-corrected chi connectivity index (χ3v) is 3.75. The summed E-state index contributed by atoms with van der Waals surface area (Å²) in [6.07, 6.45) is 4.03. The average molecular weight is 248 g/mol. The summed E-state index contributed by atoms with van der Waals surface area (Å²) in [6.45, 7) is 5.92. The topological polar surface area (TPSA) is 38.5 Å². The lowest BCUT2D eigenvalue weighted by Gasteiger charge is -2.33. The molecule has 0 bridgehead atoms. The molecule has 1 aromatic carbocycles. The van der Waals surface area contributed by atoms with Crippen LogP contribution >= 0.6 is 0 Å². The lowest BCUT2D eigenvalue weighted by molar-refractivity contribution is 0.133. The second-order valence-corrected chi connectivity index (χ2v) is 5.08. The van der Waals surface area contributed by atoms with Gasteiger partial charge in [0.25, 0.3) is 0 Å². The number of piperidine rings is 1. The Kier molecular flexibility index (Phi) is 5.02. The minimum Gasteiger partial charge on any atom is -0.492 e. The molecule has 3 heteroatoms. The van der Waals surface area contributed by atoms with Crippen LogP contribution in [0.1, 0.15) is 31.7 Å². The van der Waals surface area contributed by atoms with Gasteiger partial charge in [-0.3, -0.25) is 4.90 Å². The third kappa shape index (κ3) is 3.72. The summed E-state index contributed by atoms with van der Waals surface area (Å²) in [5.41, 5.74) is 6.71. The maximum atomic E-state index is 5.77. The van der Waals surface area contributed by atoms with Crippen LogP contribution in [0, 0.1) is 0 Å². The molecule has 100 valence electrons. The van der Waals surface area contributed by atoms with Crippen LogP contribution in [0.25, 0.3) is 0 Å². The van der Waals surface area contributed by atoms with Gasteiger partial charge in [-0.05, 0) is 44.0 Å². The van der Waals surface area contributed by atoms with Gasteiger partial charge in [0.05, 0.1) is 0 Å². The standard InChI is InChI=1S/C15H24N2O/c1-13-4-2-3-9-17(13)10-11-18-15-7-5-14(12-16)6-8-15/h5-8,13H,2-4,9-12,16H2,1H3. The highest BCUT2D eigenvalue weighted by Crippen LogP contribution is 2.16. The van der Waals surface area contributed by atoms with Gasteiger partial charge >= 0.3 is 0 Å². The highest BCUT2D eigenvalue weighted by molar-refractivity contribution is 5.27. The number of benzene rings is 1. The van der Waals surface area contributed by atoms with Gasteiger partial charge in [-0.2, -0.15) is 0 Å². The van der Waals surface area contributed by atoms with E-state index < -0.39 is 0 Å². The first-order chi connectivity index (χ1) is 8.79. The Morgan fingerprint density at radius 2 is 2.06 bits per heavy atom. The Morgan fingerprint density at radius 1 is 1.28 bits per heavy atom. The van der Waals surface area contributed by atoms with Crippen LogP contribution < -0.4 is 10.5 Å². The van der Waals surface area contributed by atoms with E-state index in [1.165, 1.54) is 25.8 Å². The van der Waals surface area contributed by atoms with Crippen LogP contribution in [0.15, 0.2) is 24.3 Å². The molecule has 2 rings (SSSR count). The Bertz CT molecular complexity index is 350. The summed E-state index contributed by atoms with van der Waals surface area (Å²) in [6, 6.07) is 8.77. The van der Waals surface area contributed by atoms with Gasteiger partial charge < -0.3 is 10.5 Å². The molecule has 1 aliphatic rings. The van der Waals surface area contributed by atoms with Crippen LogP contribution in [0.5, 0.6) is 5.75 Å². The van der Waals surface area contributed by atoms with Gasteiger partial charge in [0.15, 0.2) is 0 Å². The molecule has 1 unspecified atom stereocenters. The second kappa shape index (κ2) is 6.76. The van der Waals surface area contributed by atoms with Crippen molar-refractivity contribution in [3.05, 3.63) is 29.8 Å². The van der Waals surface area contributed by atoms with Gasteiger partial charge in [-0.15, -0.1) is 0 Å². The minimum absolute atomic E-state index is 0.589. The predicted octanol–water partition coefficient (Wildman–Crippen LogP) is 2.40. The third-order valence-electron chi connectivity index (χ3n) is 3.75. The molecule has 3 nitrogen and oxygen atoms in total. The Labute approximate surface area is 110 Å². The summed E-state index contributed by atoms with van der Waals surface area (Å²) >= 11 is 0. The Morgan fingerprint density at radius 3 is 2.72 bits per heavy atom. The molecule has 0 saturated carbocycles. The van der Waals surface area contributed by atoms with E-state index >= 15 is 0 Å². The molecule has 1 aromatic rings. The first-order valence-corrected chi connectivity index (χ1v) is 6.95. The lowest BCUT2D eigenvalue weighted by atomic mass is 10.0. The van der Waals surface area contributed by atoms with Gasteiger partial charge in [-0.25, -0.2) is 0 Å². The zero-order chi connectivity index (χ0) is 12.8.